The van der Waals surface area contributed by atoms with Gasteiger partial charge in [0.15, 0.2) is 0 Å². The Bertz CT molecular complexity index is 1080. The fraction of sp³-hybridized carbons (Fsp3) is 0.321. The van der Waals surface area contributed by atoms with E-state index >= 15 is 0 Å². The summed E-state index contributed by atoms with van der Waals surface area (Å²) >= 11 is 0. The molecule has 0 atom stereocenters. The molecule has 0 bridgehead atoms. The zero-order valence-corrected chi connectivity index (χ0v) is 19.3. The van der Waals surface area contributed by atoms with Crippen molar-refractivity contribution in [2.75, 3.05) is 26.2 Å². The Morgan fingerprint density at radius 3 is 2.38 bits per heavy atom. The van der Waals surface area contributed by atoms with Crippen molar-refractivity contribution in [3.05, 3.63) is 100 Å². The van der Waals surface area contributed by atoms with E-state index in [1.165, 1.54) is 16.7 Å². The maximum atomic E-state index is 13.1. The molecule has 3 aromatic rings. The minimum atomic E-state index is 0.105. The number of hydrogen-bond acceptors (Lipinski definition) is 3. The molecule has 32 heavy (non-hydrogen) atoms. The molecule has 0 spiro atoms. The number of rotatable bonds is 6. The third-order valence-electron chi connectivity index (χ3n) is 6.21. The van der Waals surface area contributed by atoms with Crippen LogP contribution >= 0.6 is 0 Å². The van der Waals surface area contributed by atoms with Crippen molar-refractivity contribution >= 4 is 5.91 Å². The Morgan fingerprint density at radius 1 is 0.844 bits per heavy atom. The number of benzene rings is 3. The smallest absolute Gasteiger partial charge is 0.253 e. The zero-order chi connectivity index (χ0) is 22.5. The van der Waals surface area contributed by atoms with E-state index in [1.54, 1.807) is 0 Å². The molecule has 0 N–H and O–H groups in total. The van der Waals surface area contributed by atoms with E-state index in [1.807, 2.05) is 35.2 Å². The zero-order valence-electron chi connectivity index (χ0n) is 19.3. The van der Waals surface area contributed by atoms with Crippen molar-refractivity contribution < 1.29 is 9.53 Å². The fourth-order valence-electron chi connectivity index (χ4n) is 4.24. The van der Waals surface area contributed by atoms with Crippen LogP contribution in [0.3, 0.4) is 0 Å². The van der Waals surface area contributed by atoms with E-state index in [4.69, 9.17) is 4.74 Å². The lowest BCUT2D eigenvalue weighted by Crippen LogP contribution is -2.48. The van der Waals surface area contributed by atoms with Crippen LogP contribution in [-0.4, -0.2) is 41.9 Å². The Kier molecular flexibility index (Phi) is 6.91. The van der Waals surface area contributed by atoms with E-state index < -0.39 is 0 Å². The number of aryl methyl sites for hydroxylation is 3. The van der Waals surface area contributed by atoms with Crippen molar-refractivity contribution in [3.63, 3.8) is 0 Å². The molecule has 0 aromatic heterocycles. The highest BCUT2D eigenvalue weighted by Gasteiger charge is 2.22. The van der Waals surface area contributed by atoms with Crippen LogP contribution in [0.4, 0.5) is 0 Å². The molecule has 3 aromatic carbocycles. The summed E-state index contributed by atoms with van der Waals surface area (Å²) in [7, 11) is 0. The number of piperazine rings is 1. The van der Waals surface area contributed by atoms with Crippen LogP contribution in [0.2, 0.25) is 0 Å². The number of carbonyl (C=O) groups excluding carboxylic acids is 1. The van der Waals surface area contributed by atoms with Crippen LogP contribution in [-0.2, 0) is 13.2 Å². The lowest BCUT2D eigenvalue weighted by atomic mass is 10.1. The van der Waals surface area contributed by atoms with E-state index in [0.717, 1.165) is 55.2 Å². The van der Waals surface area contributed by atoms with E-state index in [2.05, 4.69) is 62.1 Å². The Hall–Kier alpha value is -3.11. The van der Waals surface area contributed by atoms with Gasteiger partial charge in [-0.15, -0.1) is 0 Å². The number of nitrogens with zero attached hydrogens (tertiary/aromatic N) is 2. The van der Waals surface area contributed by atoms with Gasteiger partial charge in [-0.3, -0.25) is 9.69 Å². The first-order chi connectivity index (χ1) is 15.5. The maximum absolute atomic E-state index is 13.1. The summed E-state index contributed by atoms with van der Waals surface area (Å²) in [4.78, 5) is 17.5. The Balaban J connectivity index is 1.33. The van der Waals surface area contributed by atoms with Gasteiger partial charge in [-0.2, -0.15) is 0 Å². The molecule has 4 rings (SSSR count). The second kappa shape index (κ2) is 10.0. The first-order valence-electron chi connectivity index (χ1n) is 11.3. The third-order valence-corrected chi connectivity index (χ3v) is 6.21. The predicted octanol–water partition coefficient (Wildman–Crippen LogP) is 5.15. The van der Waals surface area contributed by atoms with Crippen LogP contribution in [0.25, 0.3) is 0 Å². The summed E-state index contributed by atoms with van der Waals surface area (Å²) in [6.07, 6.45) is 0. The Labute approximate surface area is 191 Å². The second-order valence-corrected chi connectivity index (χ2v) is 8.75. The van der Waals surface area contributed by atoms with Crippen LogP contribution < -0.4 is 4.74 Å². The molecular weight excluding hydrogens is 396 g/mol. The highest BCUT2D eigenvalue weighted by Crippen LogP contribution is 2.21. The molecule has 1 fully saturated rings. The molecule has 1 saturated heterocycles. The number of hydrogen-bond donors (Lipinski definition) is 0. The summed E-state index contributed by atoms with van der Waals surface area (Å²) in [5.74, 6) is 0.992. The van der Waals surface area contributed by atoms with Gasteiger partial charge in [-0.05, 0) is 61.2 Å². The monoisotopic (exact) mass is 428 g/mol. The average Bonchev–Trinajstić information content (AvgIpc) is 2.80. The first-order valence-corrected chi connectivity index (χ1v) is 11.3. The van der Waals surface area contributed by atoms with E-state index in [0.29, 0.717) is 6.61 Å². The molecule has 1 amide bonds. The summed E-state index contributed by atoms with van der Waals surface area (Å²) in [6, 6.07) is 22.5. The molecule has 4 heteroatoms. The van der Waals surface area contributed by atoms with Crippen LogP contribution in [0.5, 0.6) is 5.75 Å². The van der Waals surface area contributed by atoms with Crippen LogP contribution in [0, 0.1) is 20.8 Å². The van der Waals surface area contributed by atoms with Gasteiger partial charge in [0.2, 0.25) is 0 Å². The van der Waals surface area contributed by atoms with Gasteiger partial charge < -0.3 is 9.64 Å². The fourth-order valence-corrected chi connectivity index (χ4v) is 4.24. The normalized spacial score (nSPS) is 14.4. The molecule has 0 radical (unpaired) electrons. The van der Waals surface area contributed by atoms with Crippen LogP contribution in [0.1, 0.15) is 38.2 Å². The van der Waals surface area contributed by atoms with Crippen molar-refractivity contribution in [1.29, 1.82) is 0 Å². The Morgan fingerprint density at radius 2 is 1.62 bits per heavy atom. The highest BCUT2D eigenvalue weighted by molar-refractivity contribution is 5.94. The van der Waals surface area contributed by atoms with Crippen molar-refractivity contribution in [3.8, 4) is 5.75 Å². The number of ether oxygens (including phenoxy) is 1. The summed E-state index contributed by atoms with van der Waals surface area (Å²) in [6.45, 7) is 11.0. The minimum absolute atomic E-state index is 0.105. The maximum Gasteiger partial charge on any atom is 0.253 e. The van der Waals surface area contributed by atoms with E-state index in [9.17, 15) is 4.79 Å². The van der Waals surface area contributed by atoms with Gasteiger partial charge in [0.05, 0.1) is 0 Å². The van der Waals surface area contributed by atoms with Crippen molar-refractivity contribution in [2.24, 2.45) is 0 Å². The lowest BCUT2D eigenvalue weighted by Gasteiger charge is -2.35. The first kappa shape index (κ1) is 22.1. The SMILES string of the molecule is Cc1ccc(OCc2cccc(C(=O)N3CCN(Cc4ccccc4C)CC3)c2)c(C)c1. The molecule has 0 aliphatic carbocycles. The van der Waals surface area contributed by atoms with Gasteiger partial charge in [0.1, 0.15) is 12.4 Å². The third kappa shape index (κ3) is 5.38. The highest BCUT2D eigenvalue weighted by atomic mass is 16.5. The predicted molar refractivity (Wildman–Crippen MR) is 129 cm³/mol. The molecule has 0 saturated carbocycles. The minimum Gasteiger partial charge on any atom is -0.489 e. The van der Waals surface area contributed by atoms with Gasteiger partial charge >= 0.3 is 0 Å². The van der Waals surface area contributed by atoms with Gasteiger partial charge in [-0.1, -0.05) is 54.1 Å². The molecule has 0 unspecified atom stereocenters. The van der Waals surface area contributed by atoms with E-state index in [-0.39, 0.29) is 5.91 Å². The lowest BCUT2D eigenvalue weighted by molar-refractivity contribution is 0.0628. The van der Waals surface area contributed by atoms with Gasteiger partial charge in [0.25, 0.3) is 5.91 Å². The van der Waals surface area contributed by atoms with Gasteiger partial charge in [-0.25, -0.2) is 0 Å². The topological polar surface area (TPSA) is 32.8 Å². The quantitative estimate of drug-likeness (QED) is 0.544. The van der Waals surface area contributed by atoms with Crippen molar-refractivity contribution in [2.45, 2.75) is 33.9 Å². The largest absolute Gasteiger partial charge is 0.489 e. The molecule has 1 heterocycles. The summed E-state index contributed by atoms with van der Waals surface area (Å²) < 4.78 is 6.01. The summed E-state index contributed by atoms with van der Waals surface area (Å²) in [5.41, 5.74) is 6.78. The molecule has 1 aliphatic rings. The number of amides is 1. The second-order valence-electron chi connectivity index (χ2n) is 8.75. The standard InChI is InChI=1S/C28H32N2O2/c1-21-11-12-27(23(3)17-21)32-20-24-8-6-10-25(18-24)28(31)30-15-13-29(14-16-30)19-26-9-5-4-7-22(26)2/h4-12,17-18H,13-16,19-20H2,1-3H3. The molecule has 4 nitrogen and oxygen atoms in total. The number of carbonyl (C=O) groups is 1. The molecular formula is C28H32N2O2. The molecule has 1 aliphatic heterocycles. The van der Waals surface area contributed by atoms with Crippen LogP contribution in [0.15, 0.2) is 66.7 Å². The van der Waals surface area contributed by atoms with Crippen molar-refractivity contribution in [1.82, 2.24) is 9.80 Å². The van der Waals surface area contributed by atoms with Gasteiger partial charge in [0, 0.05) is 38.3 Å². The summed E-state index contributed by atoms with van der Waals surface area (Å²) in [5, 5.41) is 0. The molecule has 166 valence electrons. The average molecular weight is 429 g/mol.